The van der Waals surface area contributed by atoms with Gasteiger partial charge >= 0.3 is 0 Å². The first-order chi connectivity index (χ1) is 10.7. The second-order valence-corrected chi connectivity index (χ2v) is 5.15. The van der Waals surface area contributed by atoms with Gasteiger partial charge in [0, 0.05) is 36.9 Å². The lowest BCUT2D eigenvalue weighted by atomic mass is 10.2. The maximum absolute atomic E-state index is 12.4. The first-order valence-corrected chi connectivity index (χ1v) is 7.30. The number of ether oxygens (including phenoxy) is 1. The zero-order chi connectivity index (χ0) is 15.8. The minimum Gasteiger partial charge on any atom is -0.472 e. The Morgan fingerprint density at radius 3 is 2.86 bits per heavy atom. The highest BCUT2D eigenvalue weighted by Gasteiger charge is 2.12. The number of amides is 1. The van der Waals surface area contributed by atoms with Gasteiger partial charge in [0.2, 0.25) is 5.91 Å². The number of methoxy groups -OCH3 is 1. The topological polar surface area (TPSA) is 42.7 Å². The molecule has 0 spiro atoms. The number of hydrogen-bond donors (Lipinski definition) is 0. The summed E-state index contributed by atoms with van der Waals surface area (Å²) in [6.07, 6.45) is 6.47. The average molecular weight is 320 g/mol. The molecule has 1 amide bonds. The van der Waals surface area contributed by atoms with E-state index in [-0.39, 0.29) is 5.91 Å². The third-order valence-corrected chi connectivity index (χ3v) is 3.49. The van der Waals surface area contributed by atoms with Gasteiger partial charge in [0.05, 0.1) is 19.1 Å². The Morgan fingerprint density at radius 1 is 1.36 bits per heavy atom. The van der Waals surface area contributed by atoms with Gasteiger partial charge in [-0.15, -0.1) is 0 Å². The third-order valence-electron chi connectivity index (χ3n) is 3.14. The van der Waals surface area contributed by atoms with Crippen molar-refractivity contribution in [3.05, 3.63) is 65.1 Å². The Morgan fingerprint density at radius 2 is 2.18 bits per heavy atom. The summed E-state index contributed by atoms with van der Waals surface area (Å²) in [4.78, 5) is 14.1. The van der Waals surface area contributed by atoms with E-state index in [1.54, 1.807) is 36.7 Å². The minimum atomic E-state index is -0.0989. The van der Waals surface area contributed by atoms with Crippen LogP contribution in [0.25, 0.3) is 6.08 Å². The number of carbonyl (C=O) groups excluding carboxylic acids is 1. The Hall–Kier alpha value is -2.04. The molecule has 1 heterocycles. The molecule has 0 N–H and O–H groups in total. The Kier molecular flexibility index (Phi) is 6.25. The summed E-state index contributed by atoms with van der Waals surface area (Å²) in [7, 11) is 1.61. The van der Waals surface area contributed by atoms with Crippen LogP contribution in [0, 0.1) is 0 Å². The molecule has 22 heavy (non-hydrogen) atoms. The van der Waals surface area contributed by atoms with E-state index in [0.29, 0.717) is 24.7 Å². The van der Waals surface area contributed by atoms with Crippen molar-refractivity contribution >= 4 is 23.6 Å². The van der Waals surface area contributed by atoms with Gasteiger partial charge in [-0.3, -0.25) is 4.79 Å². The highest BCUT2D eigenvalue weighted by Crippen LogP contribution is 2.16. The Bertz CT molecular complexity index is 623. The van der Waals surface area contributed by atoms with E-state index in [4.69, 9.17) is 20.8 Å². The molecule has 0 bridgehead atoms. The number of halogens is 1. The van der Waals surface area contributed by atoms with Crippen LogP contribution in [-0.4, -0.2) is 31.1 Å². The second-order valence-electron chi connectivity index (χ2n) is 4.74. The van der Waals surface area contributed by atoms with Gasteiger partial charge in [-0.25, -0.2) is 0 Å². The molecular weight excluding hydrogens is 302 g/mol. The zero-order valence-electron chi connectivity index (χ0n) is 12.4. The molecule has 0 saturated heterocycles. The number of benzene rings is 1. The van der Waals surface area contributed by atoms with E-state index in [2.05, 4.69) is 0 Å². The van der Waals surface area contributed by atoms with Crippen molar-refractivity contribution in [2.45, 2.75) is 6.54 Å². The van der Waals surface area contributed by atoms with Crippen LogP contribution in [0.2, 0.25) is 5.02 Å². The third kappa shape index (κ3) is 4.76. The molecular formula is C17H18ClNO3. The summed E-state index contributed by atoms with van der Waals surface area (Å²) in [5.41, 5.74) is 1.75. The predicted molar refractivity (Wildman–Crippen MR) is 86.5 cm³/mol. The van der Waals surface area contributed by atoms with Crippen molar-refractivity contribution in [3.63, 3.8) is 0 Å². The van der Waals surface area contributed by atoms with Crippen LogP contribution in [0.15, 0.2) is 53.4 Å². The van der Waals surface area contributed by atoms with E-state index in [9.17, 15) is 4.79 Å². The molecule has 1 aromatic heterocycles. The molecule has 0 saturated carbocycles. The van der Waals surface area contributed by atoms with E-state index in [1.165, 1.54) is 6.08 Å². The molecule has 4 nitrogen and oxygen atoms in total. The van der Waals surface area contributed by atoms with Crippen molar-refractivity contribution in [2.24, 2.45) is 0 Å². The summed E-state index contributed by atoms with van der Waals surface area (Å²) in [6, 6.07) is 9.22. The summed E-state index contributed by atoms with van der Waals surface area (Å²) in [5, 5.41) is 0.616. The smallest absolute Gasteiger partial charge is 0.246 e. The predicted octanol–water partition coefficient (Wildman–Crippen LogP) is 3.62. The van der Waals surface area contributed by atoms with Gasteiger partial charge in [-0.05, 0) is 23.8 Å². The van der Waals surface area contributed by atoms with Gasteiger partial charge in [0.15, 0.2) is 0 Å². The normalized spacial score (nSPS) is 11.0. The van der Waals surface area contributed by atoms with Crippen LogP contribution in [0.3, 0.4) is 0 Å². The molecule has 1 aromatic carbocycles. The van der Waals surface area contributed by atoms with Crippen molar-refractivity contribution in [1.29, 1.82) is 0 Å². The fourth-order valence-electron chi connectivity index (χ4n) is 1.95. The largest absolute Gasteiger partial charge is 0.472 e. The molecule has 116 valence electrons. The van der Waals surface area contributed by atoms with E-state index in [0.717, 1.165) is 11.1 Å². The first-order valence-electron chi connectivity index (χ1n) is 6.92. The summed E-state index contributed by atoms with van der Waals surface area (Å²) >= 11 is 6.08. The van der Waals surface area contributed by atoms with Crippen LogP contribution in [-0.2, 0) is 16.1 Å². The molecule has 0 unspecified atom stereocenters. The van der Waals surface area contributed by atoms with E-state index < -0.39 is 0 Å². The second kappa shape index (κ2) is 8.41. The Labute approximate surface area is 134 Å². The summed E-state index contributed by atoms with van der Waals surface area (Å²) < 4.78 is 10.1. The lowest BCUT2D eigenvalue weighted by Gasteiger charge is -2.20. The standard InChI is InChI=1S/C17H18ClNO3/c1-21-11-9-19(12-14-8-10-22-13-14)17(20)7-6-15-4-2-3-5-16(15)18/h2-8,10,13H,9,11-12H2,1H3/b7-6+. The van der Waals surface area contributed by atoms with Crippen molar-refractivity contribution in [3.8, 4) is 0 Å². The highest BCUT2D eigenvalue weighted by atomic mass is 35.5. The molecule has 5 heteroatoms. The van der Waals surface area contributed by atoms with Crippen LogP contribution in [0.1, 0.15) is 11.1 Å². The van der Waals surface area contributed by atoms with Gasteiger partial charge < -0.3 is 14.1 Å². The molecule has 0 atom stereocenters. The van der Waals surface area contributed by atoms with Gasteiger partial charge in [0.1, 0.15) is 0 Å². The molecule has 0 radical (unpaired) electrons. The maximum atomic E-state index is 12.4. The molecule has 0 aliphatic carbocycles. The zero-order valence-corrected chi connectivity index (χ0v) is 13.1. The maximum Gasteiger partial charge on any atom is 0.246 e. The van der Waals surface area contributed by atoms with Crippen LogP contribution in [0.4, 0.5) is 0 Å². The van der Waals surface area contributed by atoms with Crippen molar-refractivity contribution in [1.82, 2.24) is 4.90 Å². The van der Waals surface area contributed by atoms with Crippen LogP contribution >= 0.6 is 11.6 Å². The number of hydrogen-bond acceptors (Lipinski definition) is 3. The van der Waals surface area contributed by atoms with E-state index in [1.807, 2.05) is 24.3 Å². The summed E-state index contributed by atoms with van der Waals surface area (Å²) in [6.45, 7) is 1.46. The number of nitrogens with zero attached hydrogens (tertiary/aromatic N) is 1. The molecule has 0 aliphatic rings. The number of rotatable bonds is 7. The lowest BCUT2D eigenvalue weighted by Crippen LogP contribution is -2.31. The highest BCUT2D eigenvalue weighted by molar-refractivity contribution is 6.32. The fourth-order valence-corrected chi connectivity index (χ4v) is 2.15. The minimum absolute atomic E-state index is 0.0989. The van der Waals surface area contributed by atoms with Crippen molar-refractivity contribution < 1.29 is 13.9 Å². The monoisotopic (exact) mass is 319 g/mol. The SMILES string of the molecule is COCCN(Cc1ccoc1)C(=O)/C=C/c1ccccc1Cl. The quantitative estimate of drug-likeness (QED) is 0.732. The molecule has 2 aromatic rings. The van der Waals surface area contributed by atoms with Crippen LogP contribution < -0.4 is 0 Å². The van der Waals surface area contributed by atoms with Gasteiger partial charge in [0.25, 0.3) is 0 Å². The Balaban J connectivity index is 2.06. The van der Waals surface area contributed by atoms with Gasteiger partial charge in [-0.2, -0.15) is 0 Å². The molecule has 2 rings (SSSR count). The molecule has 0 aliphatic heterocycles. The summed E-state index contributed by atoms with van der Waals surface area (Å²) in [5.74, 6) is -0.0989. The lowest BCUT2D eigenvalue weighted by molar-refractivity contribution is -0.127. The first kappa shape index (κ1) is 16.3. The van der Waals surface area contributed by atoms with Crippen LogP contribution in [0.5, 0.6) is 0 Å². The number of furan rings is 1. The van der Waals surface area contributed by atoms with Crippen molar-refractivity contribution in [2.75, 3.05) is 20.3 Å². The number of carbonyl (C=O) groups is 1. The van der Waals surface area contributed by atoms with E-state index >= 15 is 0 Å². The molecule has 0 fully saturated rings. The average Bonchev–Trinajstić information content (AvgIpc) is 3.03. The fraction of sp³-hybridized carbons (Fsp3) is 0.235. The van der Waals surface area contributed by atoms with Gasteiger partial charge in [-0.1, -0.05) is 29.8 Å².